The van der Waals surface area contributed by atoms with Crippen molar-refractivity contribution in [1.82, 2.24) is 5.32 Å². The quantitative estimate of drug-likeness (QED) is 0.750. The van der Waals surface area contributed by atoms with Crippen LogP contribution in [0.1, 0.15) is 34.1 Å². The first-order valence-corrected chi connectivity index (χ1v) is 4.95. The van der Waals surface area contributed by atoms with Crippen LogP contribution in [-0.4, -0.2) is 25.2 Å². The largest absolute Gasteiger partial charge is 0.378 e. The first-order chi connectivity index (χ1) is 6.72. The molecule has 1 N–H and O–H groups in total. The number of hydrogen-bond acceptors (Lipinski definition) is 3. The Morgan fingerprint density at radius 1 is 1.40 bits per heavy atom. The topological polar surface area (TPSA) is 62.1 Å². The van der Waals surface area contributed by atoms with Gasteiger partial charge in [0.1, 0.15) is 0 Å². The third kappa shape index (κ3) is 6.08. The van der Waals surface area contributed by atoms with Gasteiger partial charge in [0, 0.05) is 13.7 Å². The van der Waals surface area contributed by atoms with Crippen LogP contribution in [0.3, 0.4) is 0 Å². The summed E-state index contributed by atoms with van der Waals surface area (Å²) in [7, 11) is 1.58. The third-order valence-corrected chi connectivity index (χ3v) is 2.17. The molecule has 4 nitrogen and oxygen atoms in total. The standard InChI is InChI=1S/C11H20N2O2/c1-10(2,7-12)8-13-9(14)6-11(3,4)15-5/h6,8H2,1-5H3,(H,13,14). The molecule has 0 aliphatic heterocycles. The van der Waals surface area contributed by atoms with Gasteiger partial charge in [0.2, 0.25) is 5.91 Å². The molecular weight excluding hydrogens is 192 g/mol. The fourth-order valence-electron chi connectivity index (χ4n) is 0.880. The van der Waals surface area contributed by atoms with Gasteiger partial charge in [0.05, 0.1) is 23.5 Å². The monoisotopic (exact) mass is 212 g/mol. The Labute approximate surface area is 91.6 Å². The number of carbonyl (C=O) groups excluding carboxylic acids is 1. The SMILES string of the molecule is COC(C)(C)CC(=O)NCC(C)(C)C#N. The van der Waals surface area contributed by atoms with E-state index in [0.717, 1.165) is 0 Å². The van der Waals surface area contributed by atoms with Crippen LogP contribution in [0, 0.1) is 16.7 Å². The molecule has 4 heteroatoms. The molecule has 0 aromatic carbocycles. The van der Waals surface area contributed by atoms with Gasteiger partial charge in [-0.1, -0.05) is 0 Å². The Bertz CT molecular complexity index is 264. The summed E-state index contributed by atoms with van der Waals surface area (Å²) in [4.78, 5) is 11.5. The van der Waals surface area contributed by atoms with E-state index in [2.05, 4.69) is 11.4 Å². The van der Waals surface area contributed by atoms with Crippen molar-refractivity contribution < 1.29 is 9.53 Å². The van der Waals surface area contributed by atoms with Crippen LogP contribution in [0.5, 0.6) is 0 Å². The van der Waals surface area contributed by atoms with Crippen LogP contribution < -0.4 is 5.32 Å². The fraction of sp³-hybridized carbons (Fsp3) is 0.818. The Morgan fingerprint density at radius 2 is 1.93 bits per heavy atom. The number of ether oxygens (including phenoxy) is 1. The highest BCUT2D eigenvalue weighted by molar-refractivity contribution is 5.77. The molecule has 0 bridgehead atoms. The Kier molecular flexibility index (Phi) is 4.76. The van der Waals surface area contributed by atoms with Gasteiger partial charge in [-0.3, -0.25) is 4.79 Å². The number of rotatable bonds is 5. The molecule has 0 aromatic rings. The zero-order valence-electron chi connectivity index (χ0n) is 10.2. The van der Waals surface area contributed by atoms with Gasteiger partial charge in [-0.05, 0) is 27.7 Å². The van der Waals surface area contributed by atoms with Crippen LogP contribution in [-0.2, 0) is 9.53 Å². The molecule has 86 valence electrons. The molecule has 15 heavy (non-hydrogen) atoms. The predicted octanol–water partition coefficient (Wildman–Crippen LogP) is 1.47. The predicted molar refractivity (Wildman–Crippen MR) is 58.1 cm³/mol. The summed E-state index contributed by atoms with van der Waals surface area (Å²) in [6.45, 7) is 7.63. The minimum Gasteiger partial charge on any atom is -0.378 e. The molecule has 0 aliphatic carbocycles. The number of methoxy groups -OCH3 is 1. The molecule has 0 saturated carbocycles. The lowest BCUT2D eigenvalue weighted by Crippen LogP contribution is -2.38. The van der Waals surface area contributed by atoms with Crippen molar-refractivity contribution in [3.63, 3.8) is 0 Å². The van der Waals surface area contributed by atoms with Gasteiger partial charge < -0.3 is 10.1 Å². The molecule has 0 heterocycles. The van der Waals surface area contributed by atoms with E-state index in [4.69, 9.17) is 10.00 Å². The van der Waals surface area contributed by atoms with E-state index in [1.54, 1.807) is 21.0 Å². The molecule has 0 fully saturated rings. The van der Waals surface area contributed by atoms with E-state index in [-0.39, 0.29) is 5.91 Å². The second-order valence-corrected chi connectivity index (χ2v) is 4.91. The van der Waals surface area contributed by atoms with Gasteiger partial charge in [-0.15, -0.1) is 0 Å². The van der Waals surface area contributed by atoms with E-state index >= 15 is 0 Å². The smallest absolute Gasteiger partial charge is 0.222 e. The summed E-state index contributed by atoms with van der Waals surface area (Å²) in [5.41, 5.74) is -0.978. The molecule has 0 spiro atoms. The zero-order valence-corrected chi connectivity index (χ0v) is 10.2. The van der Waals surface area contributed by atoms with Crippen LogP contribution in [0.15, 0.2) is 0 Å². The number of hydrogen-bond donors (Lipinski definition) is 1. The fourth-order valence-corrected chi connectivity index (χ4v) is 0.880. The van der Waals surface area contributed by atoms with E-state index in [1.165, 1.54) is 0 Å². The Hall–Kier alpha value is -1.08. The summed E-state index contributed by atoms with van der Waals surface area (Å²) in [5.74, 6) is -0.0924. The summed E-state index contributed by atoms with van der Waals surface area (Å²) in [6, 6.07) is 2.13. The molecule has 0 atom stereocenters. The van der Waals surface area contributed by atoms with Crippen molar-refractivity contribution in [3.05, 3.63) is 0 Å². The molecule has 0 saturated heterocycles. The molecular formula is C11H20N2O2. The second-order valence-electron chi connectivity index (χ2n) is 4.91. The molecule has 1 amide bonds. The summed E-state index contributed by atoms with van der Waals surface area (Å²) in [6.07, 6.45) is 0.297. The third-order valence-electron chi connectivity index (χ3n) is 2.17. The number of nitriles is 1. The van der Waals surface area contributed by atoms with Crippen LogP contribution >= 0.6 is 0 Å². The van der Waals surface area contributed by atoms with E-state index < -0.39 is 11.0 Å². The summed E-state index contributed by atoms with van der Waals surface area (Å²) in [5, 5.41) is 11.5. The van der Waals surface area contributed by atoms with Gasteiger partial charge in [-0.25, -0.2) is 0 Å². The van der Waals surface area contributed by atoms with Gasteiger partial charge >= 0.3 is 0 Å². The lowest BCUT2D eigenvalue weighted by molar-refractivity contribution is -0.126. The number of carbonyl (C=O) groups is 1. The molecule has 0 unspecified atom stereocenters. The van der Waals surface area contributed by atoms with E-state index in [0.29, 0.717) is 13.0 Å². The number of amides is 1. The molecule has 0 aromatic heterocycles. The van der Waals surface area contributed by atoms with Crippen molar-refractivity contribution in [3.8, 4) is 6.07 Å². The van der Waals surface area contributed by atoms with Gasteiger partial charge in [0.25, 0.3) is 0 Å². The summed E-state index contributed by atoms with van der Waals surface area (Å²) >= 11 is 0. The van der Waals surface area contributed by atoms with E-state index in [1.807, 2.05) is 13.8 Å². The van der Waals surface area contributed by atoms with Gasteiger partial charge in [-0.2, -0.15) is 5.26 Å². The molecule has 0 radical (unpaired) electrons. The number of nitrogens with zero attached hydrogens (tertiary/aromatic N) is 1. The highest BCUT2D eigenvalue weighted by atomic mass is 16.5. The molecule has 0 rings (SSSR count). The lowest BCUT2D eigenvalue weighted by Gasteiger charge is -2.23. The van der Waals surface area contributed by atoms with Crippen molar-refractivity contribution in [1.29, 1.82) is 5.26 Å². The average molecular weight is 212 g/mol. The second kappa shape index (κ2) is 5.13. The zero-order chi connectivity index (χ0) is 12.1. The van der Waals surface area contributed by atoms with Crippen molar-refractivity contribution in [2.75, 3.05) is 13.7 Å². The van der Waals surface area contributed by atoms with Crippen LogP contribution in [0.25, 0.3) is 0 Å². The maximum Gasteiger partial charge on any atom is 0.222 e. The van der Waals surface area contributed by atoms with Gasteiger partial charge in [0.15, 0.2) is 0 Å². The van der Waals surface area contributed by atoms with Crippen LogP contribution in [0.4, 0.5) is 0 Å². The van der Waals surface area contributed by atoms with E-state index in [9.17, 15) is 4.79 Å². The lowest BCUT2D eigenvalue weighted by atomic mass is 9.95. The maximum absolute atomic E-state index is 11.5. The highest BCUT2D eigenvalue weighted by Crippen LogP contribution is 2.14. The average Bonchev–Trinajstić information content (AvgIpc) is 2.15. The van der Waals surface area contributed by atoms with Crippen molar-refractivity contribution in [2.45, 2.75) is 39.7 Å². The number of nitrogens with one attached hydrogen (secondary N) is 1. The minimum absolute atomic E-state index is 0.0924. The first-order valence-electron chi connectivity index (χ1n) is 4.95. The maximum atomic E-state index is 11.5. The normalized spacial score (nSPS) is 12.0. The van der Waals surface area contributed by atoms with Crippen LogP contribution in [0.2, 0.25) is 0 Å². The molecule has 0 aliphatic rings. The van der Waals surface area contributed by atoms with Crippen molar-refractivity contribution >= 4 is 5.91 Å². The minimum atomic E-state index is -0.521. The summed E-state index contributed by atoms with van der Waals surface area (Å²) < 4.78 is 5.14. The Morgan fingerprint density at radius 3 is 2.33 bits per heavy atom. The highest BCUT2D eigenvalue weighted by Gasteiger charge is 2.23. The Balaban J connectivity index is 4.03. The first kappa shape index (κ1) is 13.9. The van der Waals surface area contributed by atoms with Crippen molar-refractivity contribution in [2.24, 2.45) is 5.41 Å².